The third kappa shape index (κ3) is 6.93. The molecule has 0 bridgehead atoms. The van der Waals surface area contributed by atoms with Gasteiger partial charge in [0.2, 0.25) is 0 Å². The zero-order valence-electron chi connectivity index (χ0n) is 18.9. The van der Waals surface area contributed by atoms with Crippen LogP contribution in [-0.2, 0) is 4.79 Å². The molecular weight excluding hydrogens is 480 g/mol. The fourth-order valence-corrected chi connectivity index (χ4v) is 4.00. The van der Waals surface area contributed by atoms with Gasteiger partial charge in [-0.25, -0.2) is 0 Å². The lowest BCUT2D eigenvalue weighted by atomic mass is 9.91. The van der Waals surface area contributed by atoms with Crippen molar-refractivity contribution in [1.82, 2.24) is 0 Å². The molecule has 0 saturated heterocycles. The highest BCUT2D eigenvalue weighted by Crippen LogP contribution is 2.31. The third-order valence-corrected chi connectivity index (χ3v) is 5.93. The maximum atomic E-state index is 13.1. The van der Waals surface area contributed by atoms with Gasteiger partial charge in [0, 0.05) is 15.8 Å². The summed E-state index contributed by atoms with van der Waals surface area (Å²) in [6, 6.07) is 22.2. The molecular formula is C27H29BrN2O3. The Morgan fingerprint density at radius 2 is 1.61 bits per heavy atom. The Labute approximate surface area is 203 Å². The second-order valence-electron chi connectivity index (χ2n) is 7.78. The Bertz CT molecular complexity index is 1080. The minimum Gasteiger partial charge on any atom is -0.483 e. The van der Waals surface area contributed by atoms with E-state index in [-0.39, 0.29) is 18.4 Å². The van der Waals surface area contributed by atoms with Crippen molar-refractivity contribution in [1.29, 1.82) is 0 Å². The number of halogens is 1. The van der Waals surface area contributed by atoms with Crippen LogP contribution in [0.4, 0.5) is 11.4 Å². The summed E-state index contributed by atoms with van der Waals surface area (Å²) in [4.78, 5) is 25.4. The van der Waals surface area contributed by atoms with Crippen molar-refractivity contribution in [3.8, 4) is 5.75 Å². The van der Waals surface area contributed by atoms with Gasteiger partial charge in [0.05, 0.1) is 5.56 Å². The zero-order valence-corrected chi connectivity index (χ0v) is 20.5. The summed E-state index contributed by atoms with van der Waals surface area (Å²) < 4.78 is 6.64. The number of rotatable bonds is 10. The van der Waals surface area contributed by atoms with E-state index in [1.165, 1.54) is 0 Å². The van der Waals surface area contributed by atoms with Crippen LogP contribution in [0.5, 0.6) is 5.75 Å². The van der Waals surface area contributed by atoms with Crippen LogP contribution in [-0.4, -0.2) is 18.4 Å². The smallest absolute Gasteiger partial charge is 0.262 e. The number of anilines is 2. The molecule has 0 aliphatic heterocycles. The first-order chi connectivity index (χ1) is 16.0. The van der Waals surface area contributed by atoms with E-state index in [9.17, 15) is 9.59 Å². The summed E-state index contributed by atoms with van der Waals surface area (Å²) in [5.74, 6) is 0.181. The van der Waals surface area contributed by atoms with Gasteiger partial charge in [-0.15, -0.1) is 0 Å². The number of nitrogens with one attached hydrogen (secondary N) is 2. The lowest BCUT2D eigenvalue weighted by Gasteiger charge is -2.19. The summed E-state index contributed by atoms with van der Waals surface area (Å²) in [6.07, 6.45) is 3.16. The van der Waals surface area contributed by atoms with Crippen LogP contribution in [0.1, 0.15) is 54.9 Å². The predicted molar refractivity (Wildman–Crippen MR) is 137 cm³/mol. The fourth-order valence-electron chi connectivity index (χ4n) is 3.74. The van der Waals surface area contributed by atoms with E-state index < -0.39 is 0 Å². The number of carbonyl (C=O) groups excluding carboxylic acids is 2. The van der Waals surface area contributed by atoms with Crippen LogP contribution in [0.15, 0.2) is 77.3 Å². The molecule has 0 aliphatic rings. The quantitative estimate of drug-likeness (QED) is 0.309. The molecule has 0 heterocycles. The fraction of sp³-hybridized carbons (Fsp3) is 0.259. The molecule has 0 aliphatic carbocycles. The Balaban J connectivity index is 1.69. The van der Waals surface area contributed by atoms with Crippen LogP contribution in [0.2, 0.25) is 0 Å². The molecule has 0 radical (unpaired) electrons. The number of ether oxygens (including phenoxy) is 1. The van der Waals surface area contributed by atoms with E-state index in [4.69, 9.17) is 4.74 Å². The van der Waals surface area contributed by atoms with Crippen molar-refractivity contribution >= 4 is 39.1 Å². The number of hydrogen-bond donors (Lipinski definition) is 2. The van der Waals surface area contributed by atoms with Crippen molar-refractivity contribution in [2.24, 2.45) is 0 Å². The SMILES string of the molecule is CCCC(CC)c1ccccc1NC(=O)c1ccccc1OCC(=O)Nc1ccc(Br)cc1. The largest absolute Gasteiger partial charge is 0.483 e. The maximum absolute atomic E-state index is 13.1. The molecule has 0 saturated carbocycles. The highest BCUT2D eigenvalue weighted by Gasteiger charge is 2.18. The molecule has 1 unspecified atom stereocenters. The van der Waals surface area contributed by atoms with Crippen LogP contribution >= 0.6 is 15.9 Å². The van der Waals surface area contributed by atoms with Gasteiger partial charge in [-0.05, 0) is 66.8 Å². The normalized spacial score (nSPS) is 11.5. The van der Waals surface area contributed by atoms with Gasteiger partial charge in [-0.1, -0.05) is 66.5 Å². The molecule has 33 heavy (non-hydrogen) atoms. The van der Waals surface area contributed by atoms with Crippen molar-refractivity contribution < 1.29 is 14.3 Å². The molecule has 5 nitrogen and oxygen atoms in total. The molecule has 2 amide bonds. The topological polar surface area (TPSA) is 67.4 Å². The average molecular weight is 509 g/mol. The monoisotopic (exact) mass is 508 g/mol. The molecule has 0 aromatic heterocycles. The summed E-state index contributed by atoms with van der Waals surface area (Å²) in [6.45, 7) is 4.14. The number of carbonyl (C=O) groups is 2. The first kappa shape index (κ1) is 24.5. The van der Waals surface area contributed by atoms with Gasteiger partial charge in [0.15, 0.2) is 6.61 Å². The Hall–Kier alpha value is -3.12. The lowest BCUT2D eigenvalue weighted by Crippen LogP contribution is -2.21. The van der Waals surface area contributed by atoms with Gasteiger partial charge in [-0.3, -0.25) is 9.59 Å². The second-order valence-corrected chi connectivity index (χ2v) is 8.69. The highest BCUT2D eigenvalue weighted by atomic mass is 79.9. The van der Waals surface area contributed by atoms with Crippen molar-refractivity contribution in [3.63, 3.8) is 0 Å². The number of para-hydroxylation sites is 2. The van der Waals surface area contributed by atoms with E-state index >= 15 is 0 Å². The molecule has 0 spiro atoms. The predicted octanol–water partition coefficient (Wildman–Crippen LogP) is 7.01. The van der Waals surface area contributed by atoms with E-state index in [0.29, 0.717) is 22.9 Å². The molecule has 1 atom stereocenters. The Kier molecular flexibility index (Phi) is 9.07. The third-order valence-electron chi connectivity index (χ3n) is 5.40. The van der Waals surface area contributed by atoms with E-state index in [0.717, 1.165) is 35.0 Å². The van der Waals surface area contributed by atoms with Crippen molar-refractivity contribution in [2.45, 2.75) is 39.0 Å². The molecule has 3 aromatic rings. The lowest BCUT2D eigenvalue weighted by molar-refractivity contribution is -0.118. The first-order valence-corrected chi connectivity index (χ1v) is 12.0. The number of hydrogen-bond acceptors (Lipinski definition) is 3. The first-order valence-electron chi connectivity index (χ1n) is 11.2. The van der Waals surface area contributed by atoms with E-state index in [1.54, 1.807) is 36.4 Å². The Morgan fingerprint density at radius 3 is 2.33 bits per heavy atom. The summed E-state index contributed by atoms with van der Waals surface area (Å²) in [5.41, 5.74) is 3.01. The standard InChI is InChI=1S/C27H29BrN2O3/c1-3-9-19(4-2)22-10-5-7-12-24(22)30-27(32)23-11-6-8-13-25(23)33-18-26(31)29-21-16-14-20(28)15-17-21/h5-8,10-17,19H,3-4,9,18H2,1-2H3,(H,29,31)(H,30,32). The van der Waals surface area contributed by atoms with Gasteiger partial charge < -0.3 is 15.4 Å². The van der Waals surface area contributed by atoms with Crippen LogP contribution in [0, 0.1) is 0 Å². The number of amides is 2. The van der Waals surface area contributed by atoms with E-state index in [2.05, 4.69) is 46.5 Å². The van der Waals surface area contributed by atoms with E-state index in [1.807, 2.05) is 30.3 Å². The van der Waals surface area contributed by atoms with Crippen molar-refractivity contribution in [3.05, 3.63) is 88.4 Å². The van der Waals surface area contributed by atoms with Crippen LogP contribution in [0.25, 0.3) is 0 Å². The Morgan fingerprint density at radius 1 is 0.909 bits per heavy atom. The number of benzene rings is 3. The maximum Gasteiger partial charge on any atom is 0.262 e. The molecule has 172 valence electrons. The van der Waals surface area contributed by atoms with Gasteiger partial charge in [-0.2, -0.15) is 0 Å². The molecule has 3 rings (SSSR count). The zero-order chi connectivity index (χ0) is 23.6. The van der Waals surface area contributed by atoms with Gasteiger partial charge >= 0.3 is 0 Å². The highest BCUT2D eigenvalue weighted by molar-refractivity contribution is 9.10. The minimum absolute atomic E-state index is 0.203. The van der Waals surface area contributed by atoms with Gasteiger partial charge in [0.25, 0.3) is 11.8 Å². The van der Waals surface area contributed by atoms with Gasteiger partial charge in [0.1, 0.15) is 5.75 Å². The summed E-state index contributed by atoms with van der Waals surface area (Å²) >= 11 is 3.37. The van der Waals surface area contributed by atoms with Crippen molar-refractivity contribution in [2.75, 3.05) is 17.2 Å². The molecule has 0 fully saturated rings. The average Bonchev–Trinajstić information content (AvgIpc) is 2.83. The van der Waals surface area contributed by atoms with Crippen LogP contribution < -0.4 is 15.4 Å². The minimum atomic E-state index is -0.303. The summed E-state index contributed by atoms with van der Waals surface area (Å²) in [5, 5.41) is 5.83. The second kappa shape index (κ2) is 12.2. The van der Waals surface area contributed by atoms with Crippen LogP contribution in [0.3, 0.4) is 0 Å². The summed E-state index contributed by atoms with van der Waals surface area (Å²) in [7, 11) is 0. The molecule has 3 aromatic carbocycles. The molecule has 2 N–H and O–H groups in total. The molecule has 6 heteroatoms.